The Balaban J connectivity index is 1.38. The molecule has 2 rings (SSSR count). The van der Waals surface area contributed by atoms with Gasteiger partial charge in [0.1, 0.15) is 0 Å². The lowest BCUT2D eigenvalue weighted by molar-refractivity contribution is 0.122. The highest BCUT2D eigenvalue weighted by Gasteiger charge is 2.20. The summed E-state index contributed by atoms with van der Waals surface area (Å²) in [4.78, 5) is 4.29. The quantitative estimate of drug-likeness (QED) is 0.664. The predicted molar refractivity (Wildman–Crippen MR) is 69.0 cm³/mol. The second-order valence-corrected chi connectivity index (χ2v) is 4.69. The minimum atomic E-state index is 0.882. The lowest BCUT2D eigenvalue weighted by Gasteiger charge is -2.05. The Bertz CT molecular complexity index is 298. The van der Waals surface area contributed by atoms with Gasteiger partial charge in [-0.2, -0.15) is 0 Å². The Morgan fingerprint density at radius 2 is 2.24 bits per heavy atom. The zero-order valence-electron chi connectivity index (χ0n) is 10.4. The maximum Gasteiger partial charge on any atom is 0.0494 e. The summed E-state index contributed by atoms with van der Waals surface area (Å²) in [6.07, 6.45) is 6.71. The summed E-state index contributed by atoms with van der Waals surface area (Å²) in [5.41, 5.74) is 1.16. The van der Waals surface area contributed by atoms with Crippen molar-refractivity contribution in [3.05, 3.63) is 30.1 Å². The molecule has 1 aromatic heterocycles. The molecular weight excluding hydrogens is 212 g/mol. The van der Waals surface area contributed by atoms with Gasteiger partial charge >= 0.3 is 0 Å². The van der Waals surface area contributed by atoms with Crippen LogP contribution in [0.25, 0.3) is 0 Å². The fourth-order valence-electron chi connectivity index (χ4n) is 1.72. The molecule has 1 N–H and O–H groups in total. The molecular formula is C14H22N2O. The van der Waals surface area contributed by atoms with E-state index in [2.05, 4.69) is 16.4 Å². The fraction of sp³-hybridized carbons (Fsp3) is 0.643. The first-order valence-corrected chi connectivity index (χ1v) is 6.63. The average Bonchev–Trinajstić information content (AvgIpc) is 3.18. The van der Waals surface area contributed by atoms with Crippen LogP contribution in [0.1, 0.15) is 25.0 Å². The number of hydrogen-bond donors (Lipinski definition) is 1. The van der Waals surface area contributed by atoms with E-state index in [9.17, 15) is 0 Å². The number of nitrogens with zero attached hydrogens (tertiary/aromatic N) is 1. The van der Waals surface area contributed by atoms with Crippen LogP contribution in [0.2, 0.25) is 0 Å². The second kappa shape index (κ2) is 7.41. The maximum atomic E-state index is 5.57. The van der Waals surface area contributed by atoms with Crippen LogP contribution >= 0.6 is 0 Å². The van der Waals surface area contributed by atoms with E-state index in [4.69, 9.17) is 4.74 Å². The van der Waals surface area contributed by atoms with Crippen LogP contribution < -0.4 is 5.32 Å². The van der Waals surface area contributed by atoms with Crippen LogP contribution in [-0.2, 0) is 11.2 Å². The molecule has 1 fully saturated rings. The predicted octanol–water partition coefficient (Wildman–Crippen LogP) is 2.03. The van der Waals surface area contributed by atoms with E-state index in [0.29, 0.717) is 0 Å². The van der Waals surface area contributed by atoms with Crippen LogP contribution in [0.4, 0.5) is 0 Å². The molecule has 0 unspecified atom stereocenters. The minimum Gasteiger partial charge on any atom is -0.381 e. The molecule has 3 nitrogen and oxygen atoms in total. The molecule has 1 aromatic rings. The third-order valence-corrected chi connectivity index (χ3v) is 2.98. The van der Waals surface area contributed by atoms with Gasteiger partial charge in [0.05, 0.1) is 0 Å². The lowest BCUT2D eigenvalue weighted by Crippen LogP contribution is -2.20. The van der Waals surface area contributed by atoms with Crippen molar-refractivity contribution >= 4 is 0 Å². The average molecular weight is 234 g/mol. The Morgan fingerprint density at radius 3 is 3.00 bits per heavy atom. The van der Waals surface area contributed by atoms with E-state index in [1.54, 1.807) is 0 Å². The van der Waals surface area contributed by atoms with Gasteiger partial charge in [-0.05, 0) is 43.9 Å². The first-order valence-electron chi connectivity index (χ1n) is 6.63. The van der Waals surface area contributed by atoms with E-state index in [0.717, 1.165) is 50.8 Å². The van der Waals surface area contributed by atoms with Crippen LogP contribution in [0, 0.1) is 5.92 Å². The molecule has 0 bridgehead atoms. The van der Waals surface area contributed by atoms with Crippen molar-refractivity contribution < 1.29 is 4.74 Å². The third kappa shape index (κ3) is 5.80. The van der Waals surface area contributed by atoms with Crippen molar-refractivity contribution in [2.45, 2.75) is 25.7 Å². The second-order valence-electron chi connectivity index (χ2n) is 4.69. The van der Waals surface area contributed by atoms with Crippen LogP contribution in [-0.4, -0.2) is 31.3 Å². The van der Waals surface area contributed by atoms with Gasteiger partial charge < -0.3 is 10.1 Å². The van der Waals surface area contributed by atoms with Gasteiger partial charge in [-0.1, -0.05) is 6.07 Å². The van der Waals surface area contributed by atoms with Crippen molar-refractivity contribution in [2.75, 3.05) is 26.3 Å². The Morgan fingerprint density at radius 1 is 1.29 bits per heavy atom. The molecule has 1 aliphatic rings. The monoisotopic (exact) mass is 234 g/mol. The van der Waals surface area contributed by atoms with E-state index in [1.807, 2.05) is 18.3 Å². The number of nitrogens with one attached hydrogen (secondary N) is 1. The molecule has 3 heteroatoms. The van der Waals surface area contributed by atoms with Crippen LogP contribution in [0.15, 0.2) is 24.4 Å². The van der Waals surface area contributed by atoms with E-state index < -0.39 is 0 Å². The number of ether oxygens (including phenoxy) is 1. The summed E-state index contributed by atoms with van der Waals surface area (Å²) in [5.74, 6) is 0.882. The molecule has 0 aromatic carbocycles. The molecule has 0 radical (unpaired) electrons. The molecule has 0 aliphatic heterocycles. The number of pyridine rings is 1. The topological polar surface area (TPSA) is 34.1 Å². The lowest BCUT2D eigenvalue weighted by atomic mass is 10.3. The van der Waals surface area contributed by atoms with Gasteiger partial charge in [0.25, 0.3) is 0 Å². The van der Waals surface area contributed by atoms with Gasteiger partial charge in [0, 0.05) is 38.1 Å². The fourth-order valence-corrected chi connectivity index (χ4v) is 1.72. The summed E-state index contributed by atoms with van der Waals surface area (Å²) in [7, 11) is 0. The van der Waals surface area contributed by atoms with Gasteiger partial charge in [-0.25, -0.2) is 0 Å². The van der Waals surface area contributed by atoms with Gasteiger partial charge in [0.2, 0.25) is 0 Å². The Hall–Kier alpha value is -0.930. The highest BCUT2D eigenvalue weighted by molar-refractivity contribution is 5.03. The molecule has 17 heavy (non-hydrogen) atoms. The Labute approximate surface area is 104 Å². The maximum absolute atomic E-state index is 5.57. The molecule has 0 saturated heterocycles. The SMILES string of the molecule is c1ccc(CCNCCCOCC2CC2)nc1. The van der Waals surface area contributed by atoms with E-state index >= 15 is 0 Å². The Kier molecular flexibility index (Phi) is 5.46. The summed E-state index contributed by atoms with van der Waals surface area (Å²) >= 11 is 0. The van der Waals surface area contributed by atoms with Gasteiger partial charge in [-0.3, -0.25) is 4.98 Å². The van der Waals surface area contributed by atoms with Crippen molar-refractivity contribution in [3.8, 4) is 0 Å². The number of aromatic nitrogens is 1. The summed E-state index contributed by atoms with van der Waals surface area (Å²) < 4.78 is 5.57. The van der Waals surface area contributed by atoms with Crippen LogP contribution in [0.5, 0.6) is 0 Å². The van der Waals surface area contributed by atoms with E-state index in [-0.39, 0.29) is 0 Å². The smallest absolute Gasteiger partial charge is 0.0494 e. The molecule has 94 valence electrons. The summed E-state index contributed by atoms with van der Waals surface area (Å²) in [6.45, 7) is 3.91. The standard InChI is InChI=1S/C14H22N2O/c1-2-9-16-14(4-1)7-10-15-8-3-11-17-12-13-5-6-13/h1-2,4,9,13,15H,3,5-8,10-12H2. The first-order chi connectivity index (χ1) is 8.45. The van der Waals surface area contributed by atoms with Crippen molar-refractivity contribution in [3.63, 3.8) is 0 Å². The van der Waals surface area contributed by atoms with Gasteiger partial charge in [-0.15, -0.1) is 0 Å². The molecule has 0 atom stereocenters. The zero-order valence-corrected chi connectivity index (χ0v) is 10.4. The van der Waals surface area contributed by atoms with Crippen molar-refractivity contribution in [2.24, 2.45) is 5.92 Å². The highest BCUT2D eigenvalue weighted by Crippen LogP contribution is 2.28. The normalized spacial score (nSPS) is 15.1. The molecule has 1 saturated carbocycles. The van der Waals surface area contributed by atoms with E-state index in [1.165, 1.54) is 12.8 Å². The minimum absolute atomic E-state index is 0.882. The third-order valence-electron chi connectivity index (χ3n) is 2.98. The number of rotatable bonds is 9. The molecule has 0 amide bonds. The zero-order chi connectivity index (χ0) is 11.8. The van der Waals surface area contributed by atoms with Crippen molar-refractivity contribution in [1.82, 2.24) is 10.3 Å². The van der Waals surface area contributed by atoms with Crippen LogP contribution in [0.3, 0.4) is 0 Å². The van der Waals surface area contributed by atoms with Crippen molar-refractivity contribution in [1.29, 1.82) is 0 Å². The number of hydrogen-bond acceptors (Lipinski definition) is 3. The van der Waals surface area contributed by atoms with Gasteiger partial charge in [0.15, 0.2) is 0 Å². The largest absolute Gasteiger partial charge is 0.381 e. The molecule has 1 aliphatic carbocycles. The first kappa shape index (κ1) is 12.5. The summed E-state index contributed by atoms with van der Waals surface area (Å²) in [5, 5.41) is 3.42. The summed E-state index contributed by atoms with van der Waals surface area (Å²) in [6, 6.07) is 6.06. The highest BCUT2D eigenvalue weighted by atomic mass is 16.5. The molecule has 1 heterocycles. The molecule has 0 spiro atoms.